The fourth-order valence-electron chi connectivity index (χ4n) is 5.67. The highest BCUT2D eigenvalue weighted by Gasteiger charge is 2.32. The average molecular weight is 580 g/mol. The fraction of sp³-hybridized carbons (Fsp3) is 0.125. The summed E-state index contributed by atoms with van der Waals surface area (Å²) in [5, 5.41) is 12.3. The smallest absolute Gasteiger partial charge is 0.280 e. The molecule has 41 heavy (non-hydrogen) atoms. The molecule has 1 aliphatic heterocycles. The molecule has 0 saturated carbocycles. The maximum atomic E-state index is 13.9. The molecule has 0 bridgehead atoms. The normalized spacial score (nSPS) is 16.1. The van der Waals surface area contributed by atoms with Crippen molar-refractivity contribution in [2.24, 2.45) is 4.99 Å². The third-order valence-electron chi connectivity index (χ3n) is 7.57. The van der Waals surface area contributed by atoms with E-state index in [2.05, 4.69) is 12.1 Å². The van der Waals surface area contributed by atoms with Crippen LogP contribution >= 0.6 is 22.9 Å². The van der Waals surface area contributed by atoms with Gasteiger partial charge in [0.1, 0.15) is 11.5 Å². The summed E-state index contributed by atoms with van der Waals surface area (Å²) < 4.78 is 8.23. The minimum atomic E-state index is -0.417. The van der Waals surface area contributed by atoms with Crippen LogP contribution in [0, 0.1) is 17.0 Å². The van der Waals surface area contributed by atoms with Gasteiger partial charge >= 0.3 is 0 Å². The first-order valence-corrected chi connectivity index (χ1v) is 14.3. The monoisotopic (exact) mass is 579 g/mol. The minimum absolute atomic E-state index is 0.0286. The Kier molecular flexibility index (Phi) is 6.10. The van der Waals surface area contributed by atoms with Crippen molar-refractivity contribution < 1.29 is 9.34 Å². The number of nitrogens with zero attached hydrogens (tertiary/aromatic N) is 3. The molecule has 0 saturated heterocycles. The molecule has 2 aromatic heterocycles. The van der Waals surface area contributed by atoms with Gasteiger partial charge in [0.2, 0.25) is 0 Å². The molecule has 3 aromatic carbocycles. The predicted octanol–water partition coefficient (Wildman–Crippen LogP) is 6.45. The van der Waals surface area contributed by atoms with Gasteiger partial charge in [-0.3, -0.25) is 19.5 Å². The first-order valence-electron chi connectivity index (χ1n) is 13.1. The lowest BCUT2D eigenvalue weighted by atomic mass is 9.83. The molecule has 0 amide bonds. The number of hydrogen-bond acceptors (Lipinski definition) is 6. The highest BCUT2D eigenvalue weighted by molar-refractivity contribution is 7.07. The van der Waals surface area contributed by atoms with Crippen molar-refractivity contribution in [2.45, 2.75) is 25.8 Å². The number of aryl methyl sites for hydroxylation is 2. The Morgan fingerprint density at radius 1 is 1.05 bits per heavy atom. The number of aromatic nitrogens is 1. The molecule has 202 valence electrons. The van der Waals surface area contributed by atoms with Crippen LogP contribution in [0.4, 0.5) is 5.69 Å². The largest absolute Gasteiger partial charge is 0.456 e. The van der Waals surface area contributed by atoms with E-state index < -0.39 is 4.92 Å². The zero-order chi connectivity index (χ0) is 28.2. The number of nitro groups is 1. The Balaban J connectivity index is 1.38. The van der Waals surface area contributed by atoms with Crippen molar-refractivity contribution in [1.82, 2.24) is 4.57 Å². The molecule has 0 unspecified atom stereocenters. The Labute approximate surface area is 243 Å². The Bertz CT molecular complexity index is 2090. The molecule has 1 aliphatic carbocycles. The quantitative estimate of drug-likeness (QED) is 0.181. The minimum Gasteiger partial charge on any atom is -0.456 e. The third-order valence-corrected chi connectivity index (χ3v) is 8.81. The van der Waals surface area contributed by atoms with Crippen LogP contribution in [-0.2, 0) is 6.42 Å². The molecule has 9 heteroatoms. The molecule has 7 rings (SSSR count). The molecule has 3 heterocycles. The van der Waals surface area contributed by atoms with Crippen molar-refractivity contribution in [1.29, 1.82) is 0 Å². The van der Waals surface area contributed by atoms with E-state index in [-0.39, 0.29) is 17.3 Å². The van der Waals surface area contributed by atoms with Gasteiger partial charge in [-0.2, -0.15) is 0 Å². The van der Waals surface area contributed by atoms with Gasteiger partial charge < -0.3 is 4.42 Å². The Morgan fingerprint density at radius 2 is 1.85 bits per heavy atom. The zero-order valence-corrected chi connectivity index (χ0v) is 23.4. The van der Waals surface area contributed by atoms with Gasteiger partial charge in [-0.25, -0.2) is 4.99 Å². The van der Waals surface area contributed by atoms with Gasteiger partial charge in [-0.15, -0.1) is 0 Å². The van der Waals surface area contributed by atoms with Crippen molar-refractivity contribution in [2.75, 3.05) is 0 Å². The molecule has 7 nitrogen and oxygen atoms in total. The lowest BCUT2D eigenvalue weighted by Crippen LogP contribution is -2.38. The van der Waals surface area contributed by atoms with E-state index in [9.17, 15) is 14.9 Å². The summed E-state index contributed by atoms with van der Waals surface area (Å²) in [6.45, 7) is 1.80. The number of thiazole rings is 1. The molecular weight excluding hydrogens is 558 g/mol. The SMILES string of the molecule is Cc1ccc(-c2ccc(/C=c3/sc4n(c3=O)[C@H](c3ccc(Cl)cc3)C3=C(N=4)c4ccccc4CC3)o2)c([N+](=O)[O-])c1. The summed E-state index contributed by atoms with van der Waals surface area (Å²) in [6.07, 6.45) is 3.35. The van der Waals surface area contributed by atoms with Crippen molar-refractivity contribution in [3.63, 3.8) is 0 Å². The summed E-state index contributed by atoms with van der Waals surface area (Å²) in [4.78, 5) is 30.8. The molecule has 1 atom stereocenters. The second-order valence-electron chi connectivity index (χ2n) is 10.1. The zero-order valence-electron chi connectivity index (χ0n) is 21.8. The van der Waals surface area contributed by atoms with E-state index in [0.717, 1.165) is 40.8 Å². The van der Waals surface area contributed by atoms with E-state index in [4.69, 9.17) is 21.0 Å². The number of fused-ring (bicyclic) bond motifs is 3. The maximum absolute atomic E-state index is 13.9. The number of benzene rings is 3. The van der Waals surface area contributed by atoms with Crippen molar-refractivity contribution >= 4 is 40.4 Å². The van der Waals surface area contributed by atoms with Crippen molar-refractivity contribution in [3.8, 4) is 11.3 Å². The highest BCUT2D eigenvalue weighted by Crippen LogP contribution is 2.41. The molecular formula is C32H22ClN3O4S. The van der Waals surface area contributed by atoms with Crippen LogP contribution in [0.1, 0.15) is 40.5 Å². The second-order valence-corrected chi connectivity index (χ2v) is 11.6. The lowest BCUT2D eigenvalue weighted by molar-refractivity contribution is -0.384. The molecule has 0 fully saturated rings. The van der Waals surface area contributed by atoms with Gasteiger partial charge in [0.25, 0.3) is 11.2 Å². The van der Waals surface area contributed by atoms with Gasteiger partial charge in [-0.1, -0.05) is 65.4 Å². The first kappa shape index (κ1) is 25.4. The van der Waals surface area contributed by atoms with Crippen LogP contribution in [0.2, 0.25) is 5.02 Å². The number of halogens is 1. The number of allylic oxidation sites excluding steroid dienone is 1. The van der Waals surface area contributed by atoms with E-state index in [1.54, 1.807) is 41.8 Å². The Morgan fingerprint density at radius 3 is 2.66 bits per heavy atom. The van der Waals surface area contributed by atoms with Crippen LogP contribution in [0.3, 0.4) is 0 Å². The Hall–Kier alpha value is -4.53. The van der Waals surface area contributed by atoms with Gasteiger partial charge in [-0.05, 0) is 72.4 Å². The van der Waals surface area contributed by atoms with Gasteiger partial charge in [0, 0.05) is 22.7 Å². The molecule has 0 N–H and O–H groups in total. The first-order chi connectivity index (χ1) is 19.9. The standard InChI is InChI=1S/C32H22ClN3O4S/c1-18-6-13-24(26(16-18)36(38)39)27-15-12-22(40-27)17-28-31(37)35-30(20-7-10-21(33)11-8-20)25-14-9-19-4-2-3-5-23(19)29(25)34-32(35)41-28/h2-8,10-13,15-17,30H,9,14H2,1H3/b28-17+/t30-/m1/s1. The molecule has 0 radical (unpaired) electrons. The maximum Gasteiger partial charge on any atom is 0.280 e. The summed E-state index contributed by atoms with van der Waals surface area (Å²) >= 11 is 7.52. The van der Waals surface area contributed by atoms with Gasteiger partial charge in [0.15, 0.2) is 4.80 Å². The summed E-state index contributed by atoms with van der Waals surface area (Å²) in [5.41, 5.74) is 6.32. The van der Waals surface area contributed by atoms with E-state index in [1.165, 1.54) is 23.0 Å². The number of nitro benzene ring substituents is 1. The van der Waals surface area contributed by atoms with Crippen LogP contribution in [0.15, 0.2) is 98.6 Å². The summed E-state index contributed by atoms with van der Waals surface area (Å²) in [6, 6.07) is 24.0. The molecule has 2 aliphatic rings. The molecule has 0 spiro atoms. The lowest BCUT2D eigenvalue weighted by Gasteiger charge is -2.30. The number of rotatable bonds is 4. The predicted molar refractivity (Wildman–Crippen MR) is 160 cm³/mol. The number of hydrogen-bond donors (Lipinski definition) is 0. The summed E-state index contributed by atoms with van der Waals surface area (Å²) in [7, 11) is 0. The summed E-state index contributed by atoms with van der Waals surface area (Å²) in [5.74, 6) is 0.791. The second kappa shape index (κ2) is 9.83. The van der Waals surface area contributed by atoms with Gasteiger partial charge in [0.05, 0.1) is 26.8 Å². The molecule has 5 aromatic rings. The fourth-order valence-corrected chi connectivity index (χ4v) is 6.78. The van der Waals surface area contributed by atoms with E-state index >= 15 is 0 Å². The van der Waals surface area contributed by atoms with E-state index in [0.29, 0.717) is 31.4 Å². The van der Waals surface area contributed by atoms with Crippen molar-refractivity contribution in [3.05, 3.63) is 147 Å². The number of furan rings is 1. The highest BCUT2D eigenvalue weighted by atomic mass is 35.5. The van der Waals surface area contributed by atoms with Crippen LogP contribution < -0.4 is 14.9 Å². The van der Waals surface area contributed by atoms with Crippen LogP contribution in [0.25, 0.3) is 23.1 Å². The third kappa shape index (κ3) is 4.36. The van der Waals surface area contributed by atoms with Crippen LogP contribution in [-0.4, -0.2) is 9.49 Å². The topological polar surface area (TPSA) is 90.6 Å². The van der Waals surface area contributed by atoms with Crippen LogP contribution in [0.5, 0.6) is 0 Å². The average Bonchev–Trinajstić information content (AvgIpc) is 3.56. The van der Waals surface area contributed by atoms with E-state index in [1.807, 2.05) is 36.4 Å².